The van der Waals surface area contributed by atoms with Crippen molar-refractivity contribution >= 4 is 18.1 Å². The number of nitrogens with one attached hydrogen (secondary N) is 1. The number of rotatable bonds is 6. The van der Waals surface area contributed by atoms with Gasteiger partial charge in [0, 0.05) is 37.7 Å². The van der Waals surface area contributed by atoms with E-state index in [0.717, 1.165) is 50.4 Å². The molecule has 1 aromatic heterocycles. The highest BCUT2D eigenvalue weighted by atomic mass is 32.1. The lowest BCUT2D eigenvalue weighted by Crippen LogP contribution is -2.43. The Kier molecular flexibility index (Phi) is 6.44. The van der Waals surface area contributed by atoms with Crippen molar-refractivity contribution in [2.45, 2.75) is 40.3 Å². The molecule has 0 saturated carbocycles. The minimum absolute atomic E-state index is 0.152. The maximum atomic E-state index is 12.5. The fraction of sp³-hybridized carbons (Fsp3) is 0.550. The van der Waals surface area contributed by atoms with E-state index in [4.69, 9.17) is 12.2 Å². The number of nitrogens with zero attached hydrogens (tertiary/aromatic N) is 4. The molecule has 1 saturated heterocycles. The lowest BCUT2D eigenvalue weighted by atomic mass is 9.95. The minimum atomic E-state index is 0.152. The van der Waals surface area contributed by atoms with Gasteiger partial charge in [-0.25, -0.2) is 4.68 Å². The molecule has 6 nitrogen and oxygen atoms in total. The van der Waals surface area contributed by atoms with Crippen LogP contribution in [0.5, 0.6) is 0 Å². The number of aromatic amines is 1. The van der Waals surface area contributed by atoms with Crippen LogP contribution in [0.4, 0.5) is 0 Å². The molecule has 0 aliphatic carbocycles. The van der Waals surface area contributed by atoms with Crippen LogP contribution < -0.4 is 0 Å². The van der Waals surface area contributed by atoms with Gasteiger partial charge in [-0.15, -0.1) is 0 Å². The van der Waals surface area contributed by atoms with Crippen LogP contribution in [0.1, 0.15) is 32.3 Å². The van der Waals surface area contributed by atoms with Crippen molar-refractivity contribution in [3.63, 3.8) is 0 Å². The normalized spacial score (nSPS) is 15.8. The van der Waals surface area contributed by atoms with Gasteiger partial charge >= 0.3 is 0 Å². The summed E-state index contributed by atoms with van der Waals surface area (Å²) in [7, 11) is 0. The molecule has 1 fully saturated rings. The topological polar surface area (TPSA) is 57.2 Å². The molecule has 1 aliphatic rings. The van der Waals surface area contributed by atoms with Crippen molar-refractivity contribution < 1.29 is 4.79 Å². The SMILES string of the molecule is CCN(CC)C(=O)C1CCN(Cn2[nH]c(-c3ccc(C)cc3)nc2=S)CC1. The Morgan fingerprint density at radius 1 is 1.22 bits per heavy atom. The number of benzene rings is 1. The van der Waals surface area contributed by atoms with Gasteiger partial charge in [0.1, 0.15) is 0 Å². The molecule has 0 spiro atoms. The average Bonchev–Trinajstić information content (AvgIpc) is 3.04. The Morgan fingerprint density at radius 2 is 1.85 bits per heavy atom. The summed E-state index contributed by atoms with van der Waals surface area (Å²) in [6, 6.07) is 8.25. The fourth-order valence-corrected chi connectivity index (χ4v) is 3.80. The fourth-order valence-electron chi connectivity index (χ4n) is 3.61. The summed E-state index contributed by atoms with van der Waals surface area (Å²) in [4.78, 5) is 21.3. The molecule has 3 rings (SSSR count). The number of hydrogen-bond donors (Lipinski definition) is 1. The number of carbonyl (C=O) groups excluding carboxylic acids is 1. The Hall–Kier alpha value is -1.99. The van der Waals surface area contributed by atoms with E-state index in [-0.39, 0.29) is 5.92 Å². The van der Waals surface area contributed by atoms with E-state index in [1.807, 2.05) is 23.4 Å². The van der Waals surface area contributed by atoms with Crippen LogP contribution >= 0.6 is 12.2 Å². The maximum absolute atomic E-state index is 12.5. The summed E-state index contributed by atoms with van der Waals surface area (Å²) >= 11 is 5.43. The molecule has 146 valence electrons. The molecule has 7 heteroatoms. The minimum Gasteiger partial charge on any atom is -0.343 e. The maximum Gasteiger partial charge on any atom is 0.225 e. The summed E-state index contributed by atoms with van der Waals surface area (Å²) in [5, 5.41) is 3.32. The van der Waals surface area contributed by atoms with Crippen LogP contribution in [0.3, 0.4) is 0 Å². The van der Waals surface area contributed by atoms with Gasteiger partial charge in [-0.05, 0) is 45.8 Å². The van der Waals surface area contributed by atoms with E-state index in [1.165, 1.54) is 5.56 Å². The number of aromatic nitrogens is 3. The van der Waals surface area contributed by atoms with Crippen LogP contribution in [-0.2, 0) is 11.5 Å². The third-order valence-corrected chi connectivity index (χ3v) is 5.67. The molecule has 1 N–H and O–H groups in total. The summed E-state index contributed by atoms with van der Waals surface area (Å²) in [6.07, 6.45) is 1.81. The third-order valence-electron chi connectivity index (χ3n) is 5.36. The molecular weight excluding hydrogens is 358 g/mol. The van der Waals surface area contributed by atoms with E-state index in [0.29, 0.717) is 17.3 Å². The Bertz CT molecular complexity index is 814. The predicted octanol–water partition coefficient (Wildman–Crippen LogP) is 3.45. The van der Waals surface area contributed by atoms with E-state index in [1.54, 1.807) is 0 Å². The van der Waals surface area contributed by atoms with Gasteiger partial charge < -0.3 is 4.90 Å². The second-order valence-corrected chi connectivity index (χ2v) is 7.56. The van der Waals surface area contributed by atoms with Gasteiger partial charge in [0.15, 0.2) is 5.82 Å². The first kappa shape index (κ1) is 19.8. The number of amides is 1. The zero-order valence-corrected chi connectivity index (χ0v) is 17.3. The quantitative estimate of drug-likeness (QED) is 0.772. The number of likely N-dealkylation sites (tertiary alicyclic amines) is 1. The average molecular weight is 388 g/mol. The van der Waals surface area contributed by atoms with Crippen LogP contribution in [-0.4, -0.2) is 56.7 Å². The molecule has 1 aromatic carbocycles. The van der Waals surface area contributed by atoms with Crippen LogP contribution in [0, 0.1) is 17.6 Å². The van der Waals surface area contributed by atoms with Gasteiger partial charge in [-0.3, -0.25) is 14.8 Å². The van der Waals surface area contributed by atoms with Crippen LogP contribution in [0.2, 0.25) is 0 Å². The predicted molar refractivity (Wildman–Crippen MR) is 110 cm³/mol. The summed E-state index contributed by atoms with van der Waals surface area (Å²) < 4.78 is 2.48. The first-order chi connectivity index (χ1) is 13.0. The van der Waals surface area contributed by atoms with Crippen molar-refractivity contribution in [2.24, 2.45) is 5.92 Å². The third kappa shape index (κ3) is 4.65. The summed E-state index contributed by atoms with van der Waals surface area (Å²) in [5.41, 5.74) is 2.26. The first-order valence-corrected chi connectivity index (χ1v) is 10.2. The van der Waals surface area contributed by atoms with E-state index in [9.17, 15) is 4.79 Å². The van der Waals surface area contributed by atoms with E-state index < -0.39 is 0 Å². The van der Waals surface area contributed by atoms with Gasteiger partial charge in [0.2, 0.25) is 10.7 Å². The first-order valence-electron chi connectivity index (χ1n) is 9.76. The zero-order valence-electron chi connectivity index (χ0n) is 16.4. The molecule has 0 bridgehead atoms. The number of hydrogen-bond acceptors (Lipinski definition) is 4. The Balaban J connectivity index is 1.60. The van der Waals surface area contributed by atoms with Gasteiger partial charge in [-0.1, -0.05) is 29.8 Å². The highest BCUT2D eigenvalue weighted by molar-refractivity contribution is 7.71. The van der Waals surface area contributed by atoms with Crippen molar-refractivity contribution in [3.8, 4) is 11.4 Å². The Labute approximate surface area is 166 Å². The summed E-state index contributed by atoms with van der Waals surface area (Å²) in [6.45, 7) is 10.2. The number of piperidine rings is 1. The standard InChI is InChI=1S/C20H29N5OS/c1-4-24(5-2)19(26)17-10-12-23(13-11-17)14-25-20(27)21-18(22-25)16-8-6-15(3)7-9-16/h6-9,17H,4-5,10-14H2,1-3H3,(H,21,22,27). The molecule has 2 heterocycles. The smallest absolute Gasteiger partial charge is 0.225 e. The number of aryl methyl sites for hydroxylation is 1. The number of H-pyrrole nitrogens is 1. The summed E-state index contributed by atoms with van der Waals surface area (Å²) in [5.74, 6) is 1.25. The van der Waals surface area contributed by atoms with Gasteiger partial charge in [0.05, 0.1) is 6.67 Å². The second kappa shape index (κ2) is 8.80. The lowest BCUT2D eigenvalue weighted by molar-refractivity contribution is -0.136. The van der Waals surface area contributed by atoms with Crippen LogP contribution in [0.25, 0.3) is 11.4 Å². The molecule has 1 aliphatic heterocycles. The van der Waals surface area contributed by atoms with E-state index in [2.05, 4.69) is 46.2 Å². The van der Waals surface area contributed by atoms with Crippen molar-refractivity contribution in [1.29, 1.82) is 0 Å². The van der Waals surface area contributed by atoms with E-state index >= 15 is 0 Å². The van der Waals surface area contributed by atoms with Crippen molar-refractivity contribution in [3.05, 3.63) is 34.6 Å². The van der Waals surface area contributed by atoms with Crippen LogP contribution in [0.15, 0.2) is 24.3 Å². The second-order valence-electron chi connectivity index (χ2n) is 7.19. The highest BCUT2D eigenvalue weighted by Crippen LogP contribution is 2.21. The molecule has 1 amide bonds. The largest absolute Gasteiger partial charge is 0.343 e. The monoisotopic (exact) mass is 387 g/mol. The van der Waals surface area contributed by atoms with Crippen molar-refractivity contribution in [2.75, 3.05) is 26.2 Å². The zero-order chi connectivity index (χ0) is 19.4. The lowest BCUT2D eigenvalue weighted by Gasteiger charge is -2.33. The molecule has 0 unspecified atom stereocenters. The van der Waals surface area contributed by atoms with Gasteiger partial charge in [-0.2, -0.15) is 4.98 Å². The molecule has 2 aromatic rings. The van der Waals surface area contributed by atoms with Crippen molar-refractivity contribution in [1.82, 2.24) is 24.6 Å². The van der Waals surface area contributed by atoms with Gasteiger partial charge in [0.25, 0.3) is 0 Å². The molecule has 0 radical (unpaired) electrons. The molecule has 27 heavy (non-hydrogen) atoms. The highest BCUT2D eigenvalue weighted by Gasteiger charge is 2.27. The number of carbonyl (C=O) groups is 1. The Morgan fingerprint density at radius 3 is 2.44 bits per heavy atom. The molecule has 0 atom stereocenters. The molecular formula is C20H29N5OS.